The van der Waals surface area contributed by atoms with Gasteiger partial charge in [0.2, 0.25) is 5.41 Å². The zero-order valence-electron chi connectivity index (χ0n) is 31.2. The monoisotopic (exact) mass is 844 g/mol. The molecule has 2 heterocycles. The van der Waals surface area contributed by atoms with E-state index in [1.54, 1.807) is 0 Å². The summed E-state index contributed by atoms with van der Waals surface area (Å²) in [6.07, 6.45) is -12.6. The standard InChI is InChI=1S/C35H38F6N8O10/c36-34(37,38)33(35(39,40)41,25-5-1-3-23-27(25)31(52)48(29(23)50)9-13-56-17-21-58-19-15-54-11-7-44-46-42)26-6-2-4-24-28(26)32(53)49(30(24)51)10-14-57-18-22-59-20-16-55-12-8-45-47-43/h1-6H,7-22H2. The van der Waals surface area contributed by atoms with Gasteiger partial charge in [0, 0.05) is 22.9 Å². The van der Waals surface area contributed by atoms with Gasteiger partial charge in [-0.2, -0.15) is 26.3 Å². The van der Waals surface area contributed by atoms with Crippen LogP contribution in [0.3, 0.4) is 0 Å². The van der Waals surface area contributed by atoms with E-state index in [0.29, 0.717) is 21.9 Å². The summed E-state index contributed by atoms with van der Waals surface area (Å²) in [6.45, 7) is -0.514. The summed E-state index contributed by atoms with van der Waals surface area (Å²) < 4.78 is 125. The molecule has 320 valence electrons. The van der Waals surface area contributed by atoms with Crippen molar-refractivity contribution in [2.24, 2.45) is 10.2 Å². The van der Waals surface area contributed by atoms with Crippen LogP contribution in [0.5, 0.6) is 0 Å². The van der Waals surface area contributed by atoms with Gasteiger partial charge in [-0.25, -0.2) is 0 Å². The van der Waals surface area contributed by atoms with Crippen molar-refractivity contribution in [3.63, 3.8) is 0 Å². The van der Waals surface area contributed by atoms with Crippen LogP contribution < -0.4 is 0 Å². The molecule has 0 bridgehead atoms. The minimum absolute atomic E-state index is 0.0355. The average molecular weight is 845 g/mol. The molecule has 0 fully saturated rings. The van der Waals surface area contributed by atoms with Crippen molar-refractivity contribution in [1.29, 1.82) is 0 Å². The largest absolute Gasteiger partial charge is 0.411 e. The Balaban J connectivity index is 1.49. The number of alkyl halides is 6. The molecule has 24 heteroatoms. The van der Waals surface area contributed by atoms with Gasteiger partial charge in [0.1, 0.15) is 0 Å². The highest BCUT2D eigenvalue weighted by Gasteiger charge is 2.75. The number of carbonyl (C=O) groups is 4. The van der Waals surface area contributed by atoms with E-state index in [1.807, 2.05) is 0 Å². The Morgan fingerprint density at radius 1 is 0.492 bits per heavy atom. The van der Waals surface area contributed by atoms with Crippen LogP contribution in [-0.4, -0.2) is 151 Å². The first-order valence-electron chi connectivity index (χ1n) is 17.9. The Morgan fingerprint density at radius 2 is 0.814 bits per heavy atom. The number of azide groups is 2. The molecule has 0 aliphatic carbocycles. The number of halogens is 6. The van der Waals surface area contributed by atoms with Gasteiger partial charge in [0.25, 0.3) is 23.6 Å². The summed E-state index contributed by atoms with van der Waals surface area (Å²) in [7, 11) is 0. The summed E-state index contributed by atoms with van der Waals surface area (Å²) in [5.41, 5.74) is 4.27. The second-order valence-corrected chi connectivity index (χ2v) is 12.3. The molecule has 0 spiro atoms. The number of carbonyl (C=O) groups excluding carboxylic acids is 4. The molecule has 59 heavy (non-hydrogen) atoms. The van der Waals surface area contributed by atoms with Crippen molar-refractivity contribution in [3.8, 4) is 0 Å². The van der Waals surface area contributed by atoms with Gasteiger partial charge in [-0.05, 0) is 34.3 Å². The van der Waals surface area contributed by atoms with Crippen LogP contribution in [-0.2, 0) is 33.8 Å². The van der Waals surface area contributed by atoms with E-state index in [2.05, 4.69) is 20.1 Å². The van der Waals surface area contributed by atoms with Crippen LogP contribution in [0.2, 0.25) is 0 Å². The van der Waals surface area contributed by atoms with E-state index in [4.69, 9.17) is 39.5 Å². The van der Waals surface area contributed by atoms with E-state index >= 15 is 26.3 Å². The first-order chi connectivity index (χ1) is 28.3. The molecular weight excluding hydrogens is 806 g/mol. The number of amides is 4. The highest BCUT2D eigenvalue weighted by molar-refractivity contribution is 6.23. The third-order valence-electron chi connectivity index (χ3n) is 8.86. The maximum Gasteiger partial charge on any atom is 0.411 e. The minimum Gasteiger partial charge on any atom is -0.379 e. The quantitative estimate of drug-likeness (QED) is 0.0307. The third kappa shape index (κ3) is 10.7. The molecule has 0 saturated heterocycles. The Labute approximate surface area is 331 Å². The minimum atomic E-state index is -6.29. The van der Waals surface area contributed by atoms with Gasteiger partial charge >= 0.3 is 12.4 Å². The van der Waals surface area contributed by atoms with Crippen molar-refractivity contribution in [1.82, 2.24) is 9.80 Å². The van der Waals surface area contributed by atoms with Crippen molar-refractivity contribution in [3.05, 3.63) is 90.7 Å². The van der Waals surface area contributed by atoms with Crippen molar-refractivity contribution in [2.75, 3.05) is 105 Å². The van der Waals surface area contributed by atoms with E-state index in [9.17, 15) is 19.2 Å². The van der Waals surface area contributed by atoms with Gasteiger partial charge < -0.3 is 28.4 Å². The number of imide groups is 2. The molecule has 4 rings (SSSR count). The van der Waals surface area contributed by atoms with Gasteiger partial charge in [-0.15, -0.1) is 0 Å². The SMILES string of the molecule is [N-]=[N+]=NCCOCCOCCOCCN1C(=O)c2cccc(C(c3cccc4c3C(=O)N(CCOCCOCCOCCN=[N+]=[N-])C4=O)(C(F)(F)F)C(F)(F)F)c2C1=O. The lowest BCUT2D eigenvalue weighted by atomic mass is 9.68. The number of hydrogen-bond donors (Lipinski definition) is 0. The Kier molecular flexibility index (Phi) is 17.0. The second-order valence-electron chi connectivity index (χ2n) is 12.3. The first-order valence-corrected chi connectivity index (χ1v) is 17.9. The van der Waals surface area contributed by atoms with Crippen LogP contribution >= 0.6 is 0 Å². The molecule has 0 radical (unpaired) electrons. The predicted molar refractivity (Wildman–Crippen MR) is 189 cm³/mol. The number of hydrogen-bond acceptors (Lipinski definition) is 12. The van der Waals surface area contributed by atoms with Crippen LogP contribution in [0.1, 0.15) is 52.6 Å². The fraction of sp³-hybridized carbons (Fsp3) is 0.543. The Hall–Kier alpha value is -5.32. The van der Waals surface area contributed by atoms with Crippen LogP contribution in [0.25, 0.3) is 20.9 Å². The highest BCUT2D eigenvalue weighted by Crippen LogP contribution is 2.59. The number of ether oxygens (including phenoxy) is 6. The maximum atomic E-state index is 15.5. The van der Waals surface area contributed by atoms with Crippen molar-refractivity contribution in [2.45, 2.75) is 17.8 Å². The second kappa shape index (κ2) is 21.6. The molecule has 0 N–H and O–H groups in total. The van der Waals surface area contributed by atoms with Crippen molar-refractivity contribution >= 4 is 23.6 Å². The van der Waals surface area contributed by atoms with E-state index < -0.39 is 87.9 Å². The number of fused-ring (bicyclic) bond motifs is 2. The molecule has 2 aromatic carbocycles. The Morgan fingerprint density at radius 3 is 1.14 bits per heavy atom. The lowest BCUT2D eigenvalue weighted by Gasteiger charge is -2.39. The summed E-state index contributed by atoms with van der Waals surface area (Å²) in [5.74, 6) is -5.24. The topological polar surface area (TPSA) is 228 Å². The average Bonchev–Trinajstić information content (AvgIpc) is 3.58. The molecule has 0 unspecified atom stereocenters. The van der Waals surface area contributed by atoms with E-state index in [0.717, 1.165) is 24.3 Å². The van der Waals surface area contributed by atoms with Crippen LogP contribution in [0.15, 0.2) is 46.6 Å². The zero-order valence-corrected chi connectivity index (χ0v) is 31.2. The summed E-state index contributed by atoms with van der Waals surface area (Å²) >= 11 is 0. The third-order valence-corrected chi connectivity index (χ3v) is 8.86. The maximum absolute atomic E-state index is 15.5. The predicted octanol–water partition coefficient (Wildman–Crippen LogP) is 5.01. The van der Waals surface area contributed by atoms with Crippen LogP contribution in [0, 0.1) is 0 Å². The van der Waals surface area contributed by atoms with Crippen molar-refractivity contribution < 1.29 is 73.9 Å². The van der Waals surface area contributed by atoms with Gasteiger partial charge in [-0.3, -0.25) is 29.0 Å². The molecular formula is C35H38F6N8O10. The molecule has 2 aromatic rings. The van der Waals surface area contributed by atoms with E-state index in [1.165, 1.54) is 0 Å². The summed E-state index contributed by atoms with van der Waals surface area (Å²) in [4.78, 5) is 60.0. The van der Waals surface area contributed by atoms with Crippen LogP contribution in [0.4, 0.5) is 26.3 Å². The fourth-order valence-corrected chi connectivity index (χ4v) is 6.31. The molecule has 18 nitrogen and oxygen atoms in total. The molecule has 0 atom stereocenters. The molecule has 2 aliphatic heterocycles. The number of rotatable bonds is 26. The molecule has 2 aliphatic rings. The zero-order chi connectivity index (χ0) is 43.1. The number of benzene rings is 2. The lowest BCUT2D eigenvalue weighted by Crippen LogP contribution is -2.56. The molecule has 0 saturated carbocycles. The molecule has 0 aromatic heterocycles. The summed E-state index contributed by atoms with van der Waals surface area (Å²) in [6, 6.07) is 4.22. The number of nitrogens with zero attached hydrogens (tertiary/aromatic N) is 8. The van der Waals surface area contributed by atoms with Gasteiger partial charge in [0.15, 0.2) is 0 Å². The first kappa shape index (κ1) is 46.4. The lowest BCUT2D eigenvalue weighted by molar-refractivity contribution is -0.288. The highest BCUT2D eigenvalue weighted by atomic mass is 19.4. The molecule has 4 amide bonds. The smallest absolute Gasteiger partial charge is 0.379 e. The summed E-state index contributed by atoms with van der Waals surface area (Å²) in [5, 5.41) is 6.59. The van der Waals surface area contributed by atoms with Gasteiger partial charge in [0.05, 0.1) is 115 Å². The normalized spacial score (nSPS) is 14.1. The van der Waals surface area contributed by atoms with E-state index in [-0.39, 0.29) is 92.4 Å². The Bertz CT molecular complexity index is 1790. The van der Waals surface area contributed by atoms with Gasteiger partial charge in [-0.1, -0.05) is 34.5 Å². The fourth-order valence-electron chi connectivity index (χ4n) is 6.31.